The van der Waals surface area contributed by atoms with Crippen LogP contribution in [0.4, 0.5) is 0 Å². The largest absolute Gasteiger partial charge is 0.490 e. The third kappa shape index (κ3) is 6.35. The minimum absolute atomic E-state index is 0.0151. The highest BCUT2D eigenvalue weighted by Crippen LogP contribution is 2.29. The van der Waals surface area contributed by atoms with E-state index >= 15 is 0 Å². The molecule has 1 N–H and O–H groups in total. The van der Waals surface area contributed by atoms with Gasteiger partial charge in [0.2, 0.25) is 5.91 Å². The van der Waals surface area contributed by atoms with Gasteiger partial charge in [0.25, 0.3) is 0 Å². The fraction of sp³-hybridized carbons (Fsp3) is 0.296. The number of carbonyl (C=O) groups excluding carboxylic acids is 1. The van der Waals surface area contributed by atoms with E-state index in [9.17, 15) is 4.79 Å². The van der Waals surface area contributed by atoms with Crippen molar-refractivity contribution in [3.05, 3.63) is 95.1 Å². The molecule has 0 saturated heterocycles. The summed E-state index contributed by atoms with van der Waals surface area (Å²) in [5, 5.41) is 3.22. The molecular formula is C27H31NO3. The van der Waals surface area contributed by atoms with Crippen LogP contribution in [0.1, 0.15) is 48.6 Å². The number of rotatable bonds is 10. The summed E-state index contributed by atoms with van der Waals surface area (Å²) in [6.45, 7) is 7.12. The highest BCUT2D eigenvalue weighted by atomic mass is 16.5. The van der Waals surface area contributed by atoms with Gasteiger partial charge >= 0.3 is 0 Å². The van der Waals surface area contributed by atoms with Crippen LogP contribution < -0.4 is 14.8 Å². The van der Waals surface area contributed by atoms with Crippen LogP contribution in [0.3, 0.4) is 0 Å². The summed E-state index contributed by atoms with van der Waals surface area (Å²) in [6.07, 6.45) is 1.03. The summed E-state index contributed by atoms with van der Waals surface area (Å²) >= 11 is 0. The zero-order chi connectivity index (χ0) is 22.1. The van der Waals surface area contributed by atoms with Crippen LogP contribution in [0.2, 0.25) is 0 Å². The normalized spacial score (nSPS) is 11.6. The monoisotopic (exact) mass is 417 g/mol. The second kappa shape index (κ2) is 11.2. The van der Waals surface area contributed by atoms with Crippen molar-refractivity contribution < 1.29 is 14.3 Å². The fourth-order valence-corrected chi connectivity index (χ4v) is 3.51. The van der Waals surface area contributed by atoms with Gasteiger partial charge in [-0.15, -0.1) is 0 Å². The van der Waals surface area contributed by atoms with Gasteiger partial charge in [0.05, 0.1) is 19.3 Å². The minimum atomic E-state index is -0.173. The molecule has 0 heterocycles. The summed E-state index contributed by atoms with van der Waals surface area (Å²) < 4.78 is 11.3. The molecule has 0 saturated carbocycles. The van der Waals surface area contributed by atoms with Crippen LogP contribution >= 0.6 is 0 Å². The van der Waals surface area contributed by atoms with Crippen LogP contribution in [0.25, 0.3) is 0 Å². The summed E-state index contributed by atoms with van der Waals surface area (Å²) in [6, 6.07) is 24.1. The highest BCUT2D eigenvalue weighted by molar-refractivity contribution is 5.77. The van der Waals surface area contributed by atoms with E-state index in [0.29, 0.717) is 26.1 Å². The van der Waals surface area contributed by atoms with E-state index in [1.807, 2.05) is 62.4 Å². The van der Waals surface area contributed by atoms with Crippen molar-refractivity contribution in [1.82, 2.24) is 5.32 Å². The Labute approximate surface area is 185 Å². The molecule has 3 aromatic carbocycles. The SMILES string of the molecule is CCOc1ccc(CCC(=O)N[C@@H](c2ccccc2)c2ccc(C)cc2)cc1OCC. The second-order valence-corrected chi connectivity index (χ2v) is 7.47. The van der Waals surface area contributed by atoms with Crippen LogP contribution in [-0.2, 0) is 11.2 Å². The fourth-order valence-electron chi connectivity index (χ4n) is 3.51. The lowest BCUT2D eigenvalue weighted by molar-refractivity contribution is -0.121. The van der Waals surface area contributed by atoms with Crippen molar-refractivity contribution in [2.24, 2.45) is 0 Å². The Kier molecular flexibility index (Phi) is 8.11. The number of carbonyl (C=O) groups is 1. The summed E-state index contributed by atoms with van der Waals surface area (Å²) in [4.78, 5) is 12.9. The molecule has 0 aromatic heterocycles. The molecule has 31 heavy (non-hydrogen) atoms. The van der Waals surface area contributed by atoms with E-state index in [2.05, 4.69) is 36.5 Å². The van der Waals surface area contributed by atoms with E-state index in [1.54, 1.807) is 0 Å². The predicted octanol–water partition coefficient (Wildman–Crippen LogP) is 5.63. The average molecular weight is 418 g/mol. The maximum atomic E-state index is 12.9. The molecule has 3 aromatic rings. The Morgan fingerprint density at radius 1 is 0.839 bits per heavy atom. The number of hydrogen-bond donors (Lipinski definition) is 1. The van der Waals surface area contributed by atoms with Gasteiger partial charge in [-0.3, -0.25) is 4.79 Å². The molecule has 3 rings (SSSR count). The Balaban J connectivity index is 1.70. The number of nitrogens with one attached hydrogen (secondary N) is 1. The molecule has 0 radical (unpaired) electrons. The number of benzene rings is 3. The van der Waals surface area contributed by atoms with Crippen LogP contribution in [0.5, 0.6) is 11.5 Å². The molecule has 0 aliphatic heterocycles. The summed E-state index contributed by atoms with van der Waals surface area (Å²) in [5.74, 6) is 1.48. The average Bonchev–Trinajstić information content (AvgIpc) is 2.79. The number of amides is 1. The van der Waals surface area contributed by atoms with Gasteiger partial charge in [0.1, 0.15) is 0 Å². The first kappa shape index (κ1) is 22.4. The predicted molar refractivity (Wildman–Crippen MR) is 125 cm³/mol. The number of hydrogen-bond acceptors (Lipinski definition) is 3. The lowest BCUT2D eigenvalue weighted by Crippen LogP contribution is -2.29. The zero-order valence-corrected chi connectivity index (χ0v) is 18.6. The van der Waals surface area contributed by atoms with Crippen LogP contribution in [0.15, 0.2) is 72.8 Å². The Morgan fingerprint density at radius 3 is 2.16 bits per heavy atom. The summed E-state index contributed by atoms with van der Waals surface area (Å²) in [5.41, 5.74) is 4.39. The third-order valence-electron chi connectivity index (χ3n) is 5.10. The van der Waals surface area contributed by atoms with Crippen LogP contribution in [-0.4, -0.2) is 19.1 Å². The molecule has 0 spiro atoms. The molecule has 4 nitrogen and oxygen atoms in total. The Morgan fingerprint density at radius 2 is 1.48 bits per heavy atom. The van der Waals surface area contributed by atoms with E-state index in [-0.39, 0.29) is 11.9 Å². The standard InChI is InChI=1S/C27H31NO3/c1-4-30-24-17-13-21(19-25(24)31-5-2)14-18-26(29)28-27(22-9-7-6-8-10-22)23-15-11-20(3)12-16-23/h6-13,15-17,19,27H,4-5,14,18H2,1-3H3,(H,28,29)/t27-/m0/s1. The van der Waals surface area contributed by atoms with Crippen molar-refractivity contribution in [3.8, 4) is 11.5 Å². The highest BCUT2D eigenvalue weighted by Gasteiger charge is 2.17. The van der Waals surface area contributed by atoms with Crippen molar-refractivity contribution in [2.75, 3.05) is 13.2 Å². The van der Waals surface area contributed by atoms with Gasteiger partial charge in [-0.1, -0.05) is 66.2 Å². The molecule has 4 heteroatoms. The Hall–Kier alpha value is -3.27. The molecular weight excluding hydrogens is 386 g/mol. The van der Waals surface area contributed by atoms with Gasteiger partial charge in [-0.2, -0.15) is 0 Å². The molecule has 0 unspecified atom stereocenters. The van der Waals surface area contributed by atoms with E-state index in [0.717, 1.165) is 28.2 Å². The maximum Gasteiger partial charge on any atom is 0.221 e. The number of ether oxygens (including phenoxy) is 2. The Bertz CT molecular complexity index is 968. The molecule has 1 atom stereocenters. The maximum absolute atomic E-state index is 12.9. The van der Waals surface area contributed by atoms with Gasteiger partial charge < -0.3 is 14.8 Å². The quantitative estimate of drug-likeness (QED) is 0.465. The molecule has 0 bridgehead atoms. The van der Waals surface area contributed by atoms with Gasteiger partial charge in [0, 0.05) is 6.42 Å². The topological polar surface area (TPSA) is 47.6 Å². The molecule has 0 fully saturated rings. The summed E-state index contributed by atoms with van der Waals surface area (Å²) in [7, 11) is 0. The van der Waals surface area contributed by atoms with Crippen molar-refractivity contribution in [1.29, 1.82) is 0 Å². The first-order chi connectivity index (χ1) is 15.1. The molecule has 1 amide bonds. The first-order valence-electron chi connectivity index (χ1n) is 10.9. The van der Waals surface area contributed by atoms with Crippen LogP contribution in [0, 0.1) is 6.92 Å². The van der Waals surface area contributed by atoms with Crippen molar-refractivity contribution >= 4 is 5.91 Å². The van der Waals surface area contributed by atoms with Gasteiger partial charge in [-0.05, 0) is 56.0 Å². The van der Waals surface area contributed by atoms with E-state index in [4.69, 9.17) is 9.47 Å². The smallest absolute Gasteiger partial charge is 0.221 e. The number of aryl methyl sites for hydroxylation is 2. The minimum Gasteiger partial charge on any atom is -0.490 e. The second-order valence-electron chi connectivity index (χ2n) is 7.47. The lowest BCUT2D eigenvalue weighted by atomic mass is 9.97. The zero-order valence-electron chi connectivity index (χ0n) is 18.6. The van der Waals surface area contributed by atoms with Crippen molar-refractivity contribution in [2.45, 2.75) is 39.7 Å². The van der Waals surface area contributed by atoms with Gasteiger partial charge in [0.15, 0.2) is 11.5 Å². The van der Waals surface area contributed by atoms with E-state index in [1.165, 1.54) is 5.56 Å². The molecule has 0 aliphatic carbocycles. The molecule has 162 valence electrons. The lowest BCUT2D eigenvalue weighted by Gasteiger charge is -2.20. The first-order valence-corrected chi connectivity index (χ1v) is 10.9. The van der Waals surface area contributed by atoms with Crippen molar-refractivity contribution in [3.63, 3.8) is 0 Å². The van der Waals surface area contributed by atoms with E-state index < -0.39 is 0 Å². The molecule has 0 aliphatic rings. The third-order valence-corrected chi connectivity index (χ3v) is 5.10. The van der Waals surface area contributed by atoms with Gasteiger partial charge in [-0.25, -0.2) is 0 Å².